The lowest BCUT2D eigenvalue weighted by atomic mass is 10.0. The molecular weight excluding hydrogens is 364 g/mol. The van der Waals surface area contributed by atoms with Gasteiger partial charge >= 0.3 is 0 Å². The minimum atomic E-state index is -0.410. The number of para-hydroxylation sites is 1. The third-order valence-corrected chi connectivity index (χ3v) is 5.03. The number of aromatic nitrogens is 1. The van der Waals surface area contributed by atoms with Gasteiger partial charge < -0.3 is 14.6 Å². The zero-order valence-corrected chi connectivity index (χ0v) is 15.2. The number of likely N-dealkylation sites (N-methyl/N-ethyl adjacent to an activating group) is 1. The van der Waals surface area contributed by atoms with Gasteiger partial charge in [-0.05, 0) is 42.5 Å². The Bertz CT molecular complexity index is 1000. The molecule has 7 nitrogen and oxygen atoms in total. The molecule has 3 heterocycles. The van der Waals surface area contributed by atoms with E-state index in [1.807, 2.05) is 36.2 Å². The molecule has 136 valence electrons. The predicted octanol–water partition coefficient (Wildman–Crippen LogP) is 3.85. The first-order chi connectivity index (χ1) is 13.1. The van der Waals surface area contributed by atoms with Crippen LogP contribution >= 0.6 is 12.2 Å². The molecule has 0 aliphatic carbocycles. The second-order valence-corrected chi connectivity index (χ2v) is 6.60. The Kier molecular flexibility index (Phi) is 4.33. The number of nitrogens with one attached hydrogen (secondary N) is 1. The van der Waals surface area contributed by atoms with E-state index in [2.05, 4.69) is 10.3 Å². The van der Waals surface area contributed by atoms with E-state index in [1.165, 1.54) is 6.07 Å². The number of benzene rings is 1. The van der Waals surface area contributed by atoms with Crippen LogP contribution in [-0.2, 0) is 0 Å². The highest BCUT2D eigenvalue weighted by Crippen LogP contribution is 2.40. The molecule has 0 amide bonds. The van der Waals surface area contributed by atoms with E-state index in [0.29, 0.717) is 22.2 Å². The lowest BCUT2D eigenvalue weighted by Crippen LogP contribution is -2.24. The standard InChI is InChI=1S/C19H16N4O3S/c1-22-18(17(21-19(22)27)13-7-4-5-11-20-13)16-10-9-15(26-16)12-6-2-3-8-14(12)23(24)25/h2-11,17-18H,1H3,(H,21,27). The number of hydrogen-bond donors (Lipinski definition) is 1. The Hall–Kier alpha value is -3.26. The summed E-state index contributed by atoms with van der Waals surface area (Å²) in [5.41, 5.74) is 1.30. The zero-order chi connectivity index (χ0) is 19.0. The molecule has 27 heavy (non-hydrogen) atoms. The molecule has 0 radical (unpaired) electrons. The second-order valence-electron chi connectivity index (χ2n) is 6.21. The van der Waals surface area contributed by atoms with Gasteiger partial charge in [-0.15, -0.1) is 0 Å². The molecule has 1 saturated heterocycles. The van der Waals surface area contributed by atoms with Crippen molar-refractivity contribution in [3.63, 3.8) is 0 Å². The van der Waals surface area contributed by atoms with Crippen molar-refractivity contribution >= 4 is 23.0 Å². The van der Waals surface area contributed by atoms with Crippen LogP contribution in [0.3, 0.4) is 0 Å². The molecule has 2 unspecified atom stereocenters. The summed E-state index contributed by atoms with van der Waals surface area (Å²) in [5, 5.41) is 15.2. The maximum atomic E-state index is 11.3. The van der Waals surface area contributed by atoms with Gasteiger partial charge in [-0.25, -0.2) is 0 Å². The van der Waals surface area contributed by atoms with Gasteiger partial charge in [-0.1, -0.05) is 18.2 Å². The van der Waals surface area contributed by atoms with Crippen molar-refractivity contribution in [2.45, 2.75) is 12.1 Å². The Morgan fingerprint density at radius 3 is 2.70 bits per heavy atom. The van der Waals surface area contributed by atoms with E-state index in [0.717, 1.165) is 5.69 Å². The Morgan fingerprint density at radius 2 is 1.96 bits per heavy atom. The van der Waals surface area contributed by atoms with Crippen molar-refractivity contribution in [3.8, 4) is 11.3 Å². The molecule has 8 heteroatoms. The fraction of sp³-hybridized carbons (Fsp3) is 0.158. The van der Waals surface area contributed by atoms with Gasteiger partial charge in [0.25, 0.3) is 5.69 Å². The van der Waals surface area contributed by atoms with E-state index >= 15 is 0 Å². The van der Waals surface area contributed by atoms with Crippen LogP contribution in [0, 0.1) is 10.1 Å². The molecule has 4 rings (SSSR count). The summed E-state index contributed by atoms with van der Waals surface area (Å²) in [7, 11) is 1.89. The topological polar surface area (TPSA) is 84.4 Å². The smallest absolute Gasteiger partial charge is 0.280 e. The number of nitrogens with zero attached hydrogens (tertiary/aromatic N) is 3. The Balaban J connectivity index is 1.74. The first kappa shape index (κ1) is 17.2. The van der Waals surface area contributed by atoms with Crippen LogP contribution in [-0.4, -0.2) is 27.0 Å². The number of nitro groups is 1. The number of pyridine rings is 1. The maximum absolute atomic E-state index is 11.3. The van der Waals surface area contributed by atoms with Crippen LogP contribution < -0.4 is 5.32 Å². The van der Waals surface area contributed by atoms with E-state index < -0.39 is 4.92 Å². The van der Waals surface area contributed by atoms with Crippen LogP contribution in [0.15, 0.2) is 65.2 Å². The molecule has 2 aromatic heterocycles. The van der Waals surface area contributed by atoms with Crippen LogP contribution in [0.25, 0.3) is 11.3 Å². The van der Waals surface area contributed by atoms with Crippen molar-refractivity contribution < 1.29 is 9.34 Å². The minimum Gasteiger partial charge on any atom is -0.459 e. The van der Waals surface area contributed by atoms with E-state index in [1.54, 1.807) is 30.5 Å². The summed E-state index contributed by atoms with van der Waals surface area (Å²) < 4.78 is 6.04. The number of nitro benzene ring substituents is 1. The molecule has 1 N–H and O–H groups in total. The van der Waals surface area contributed by atoms with Crippen molar-refractivity contribution in [2.24, 2.45) is 0 Å². The summed E-state index contributed by atoms with van der Waals surface area (Å²) >= 11 is 5.41. The van der Waals surface area contributed by atoms with Crippen LogP contribution in [0.5, 0.6) is 0 Å². The number of thiocarbonyl (C=S) groups is 1. The maximum Gasteiger partial charge on any atom is 0.280 e. The monoisotopic (exact) mass is 380 g/mol. The van der Waals surface area contributed by atoms with Crippen molar-refractivity contribution in [3.05, 3.63) is 82.4 Å². The summed E-state index contributed by atoms with van der Waals surface area (Å²) in [4.78, 5) is 17.2. The van der Waals surface area contributed by atoms with E-state index in [4.69, 9.17) is 16.6 Å². The first-order valence-corrected chi connectivity index (χ1v) is 8.75. The fourth-order valence-corrected chi connectivity index (χ4v) is 3.55. The molecule has 3 aromatic rings. The van der Waals surface area contributed by atoms with Crippen LogP contribution in [0.4, 0.5) is 5.69 Å². The molecule has 0 spiro atoms. The Morgan fingerprint density at radius 1 is 1.19 bits per heavy atom. The quantitative estimate of drug-likeness (QED) is 0.418. The molecule has 2 atom stereocenters. The zero-order valence-electron chi connectivity index (χ0n) is 14.4. The Labute approximate surface area is 160 Å². The summed E-state index contributed by atoms with van der Waals surface area (Å²) in [6, 6.07) is 15.4. The lowest BCUT2D eigenvalue weighted by Gasteiger charge is -2.21. The van der Waals surface area contributed by atoms with E-state index in [9.17, 15) is 10.1 Å². The fourth-order valence-electron chi connectivity index (χ4n) is 3.31. The van der Waals surface area contributed by atoms with Gasteiger partial charge in [0, 0.05) is 19.3 Å². The van der Waals surface area contributed by atoms with Gasteiger partial charge in [0.1, 0.15) is 17.6 Å². The van der Waals surface area contributed by atoms with Crippen molar-refractivity contribution in [1.29, 1.82) is 0 Å². The highest BCUT2D eigenvalue weighted by molar-refractivity contribution is 7.80. The van der Waals surface area contributed by atoms with Gasteiger partial charge in [0.2, 0.25) is 0 Å². The van der Waals surface area contributed by atoms with Crippen molar-refractivity contribution in [2.75, 3.05) is 7.05 Å². The SMILES string of the molecule is CN1C(=S)NC(c2ccccn2)C1c1ccc(-c2ccccc2[N+](=O)[O-])o1. The molecular formula is C19H16N4O3S. The van der Waals surface area contributed by atoms with E-state index in [-0.39, 0.29) is 17.8 Å². The molecule has 1 fully saturated rings. The van der Waals surface area contributed by atoms with Gasteiger partial charge in [0.15, 0.2) is 5.11 Å². The predicted molar refractivity (Wildman–Crippen MR) is 104 cm³/mol. The summed E-state index contributed by atoms with van der Waals surface area (Å²) in [5.74, 6) is 1.11. The van der Waals surface area contributed by atoms with Crippen molar-refractivity contribution in [1.82, 2.24) is 15.2 Å². The third-order valence-electron chi connectivity index (χ3n) is 4.62. The number of rotatable bonds is 4. The first-order valence-electron chi connectivity index (χ1n) is 8.34. The highest BCUT2D eigenvalue weighted by atomic mass is 32.1. The van der Waals surface area contributed by atoms with Gasteiger partial charge in [-0.3, -0.25) is 15.1 Å². The van der Waals surface area contributed by atoms with Crippen LogP contribution in [0.2, 0.25) is 0 Å². The summed E-state index contributed by atoms with van der Waals surface area (Å²) in [6.07, 6.45) is 1.73. The minimum absolute atomic E-state index is 0.00750. The second kappa shape index (κ2) is 6.81. The number of hydrogen-bond acceptors (Lipinski definition) is 5. The van der Waals surface area contributed by atoms with Gasteiger partial charge in [0.05, 0.1) is 22.2 Å². The lowest BCUT2D eigenvalue weighted by molar-refractivity contribution is -0.384. The average molecular weight is 380 g/mol. The molecule has 1 aromatic carbocycles. The molecule has 0 saturated carbocycles. The number of furan rings is 1. The average Bonchev–Trinajstić information content (AvgIpc) is 3.27. The van der Waals surface area contributed by atoms with Crippen LogP contribution in [0.1, 0.15) is 23.5 Å². The third kappa shape index (κ3) is 3.04. The largest absolute Gasteiger partial charge is 0.459 e. The normalized spacial score (nSPS) is 19.1. The van der Waals surface area contributed by atoms with Gasteiger partial charge in [-0.2, -0.15) is 0 Å². The molecule has 1 aliphatic rings. The molecule has 1 aliphatic heterocycles. The summed E-state index contributed by atoms with van der Waals surface area (Å²) in [6.45, 7) is 0. The molecule has 0 bridgehead atoms. The highest BCUT2D eigenvalue weighted by Gasteiger charge is 2.39.